The van der Waals surface area contributed by atoms with Gasteiger partial charge in [0.15, 0.2) is 5.69 Å². The first-order chi connectivity index (χ1) is 12.9. The number of fused-ring (bicyclic) bond motifs is 1. The Labute approximate surface area is 158 Å². The van der Waals surface area contributed by atoms with Gasteiger partial charge in [0, 0.05) is 24.5 Å². The van der Waals surface area contributed by atoms with Crippen molar-refractivity contribution >= 4 is 22.5 Å². The third-order valence-electron chi connectivity index (χ3n) is 4.12. The van der Waals surface area contributed by atoms with Crippen molar-refractivity contribution in [1.29, 1.82) is 0 Å². The van der Waals surface area contributed by atoms with Crippen LogP contribution < -0.4 is 10.9 Å². The van der Waals surface area contributed by atoms with Gasteiger partial charge in [-0.2, -0.15) is 10.2 Å². The quantitative estimate of drug-likeness (QED) is 0.725. The summed E-state index contributed by atoms with van der Waals surface area (Å²) in [5.41, 5.74) is 0.0591. The average molecular weight is 367 g/mol. The largest absolute Gasteiger partial charge is 0.305 e. The lowest BCUT2D eigenvalue weighted by Crippen LogP contribution is -2.29. The first kappa shape index (κ1) is 18.8. The van der Waals surface area contributed by atoms with Crippen LogP contribution in [0.25, 0.3) is 10.8 Å². The van der Waals surface area contributed by atoms with Crippen LogP contribution in [-0.2, 0) is 13.1 Å². The fourth-order valence-electron chi connectivity index (χ4n) is 2.98. The van der Waals surface area contributed by atoms with E-state index in [1.807, 2.05) is 13.8 Å². The summed E-state index contributed by atoms with van der Waals surface area (Å²) in [6, 6.07) is 8.84. The molecule has 2 heterocycles. The first-order valence-corrected chi connectivity index (χ1v) is 9.19. The fourth-order valence-corrected chi connectivity index (χ4v) is 2.98. The van der Waals surface area contributed by atoms with Gasteiger partial charge in [-0.1, -0.05) is 45.9 Å². The van der Waals surface area contributed by atoms with Crippen molar-refractivity contribution in [3.05, 3.63) is 52.6 Å². The predicted molar refractivity (Wildman–Crippen MR) is 106 cm³/mol. The van der Waals surface area contributed by atoms with E-state index in [2.05, 4.69) is 29.4 Å². The van der Waals surface area contributed by atoms with Gasteiger partial charge in [0.1, 0.15) is 5.82 Å². The lowest BCUT2D eigenvalue weighted by molar-refractivity contribution is 0.102. The third-order valence-corrected chi connectivity index (χ3v) is 4.12. The van der Waals surface area contributed by atoms with E-state index in [-0.39, 0.29) is 23.1 Å². The van der Waals surface area contributed by atoms with Gasteiger partial charge in [0.25, 0.3) is 11.5 Å². The smallest absolute Gasteiger partial charge is 0.277 e. The molecule has 0 aliphatic carbocycles. The SMILES string of the molecule is CC(C)Cn1nccc1NC(=O)c1nn(CC(C)C)c(=O)c2ccccc12. The van der Waals surface area contributed by atoms with Crippen molar-refractivity contribution in [1.82, 2.24) is 19.6 Å². The van der Waals surface area contributed by atoms with Gasteiger partial charge in [0.2, 0.25) is 0 Å². The zero-order chi connectivity index (χ0) is 19.6. The van der Waals surface area contributed by atoms with Gasteiger partial charge in [-0.05, 0) is 17.9 Å². The molecule has 0 aliphatic heterocycles. The molecule has 0 saturated carbocycles. The topological polar surface area (TPSA) is 81.8 Å². The third kappa shape index (κ3) is 4.07. The van der Waals surface area contributed by atoms with Gasteiger partial charge < -0.3 is 5.32 Å². The highest BCUT2D eigenvalue weighted by Crippen LogP contribution is 2.16. The summed E-state index contributed by atoms with van der Waals surface area (Å²) in [4.78, 5) is 25.7. The van der Waals surface area contributed by atoms with Gasteiger partial charge in [-0.25, -0.2) is 9.36 Å². The summed E-state index contributed by atoms with van der Waals surface area (Å²) in [5, 5.41) is 12.6. The van der Waals surface area contributed by atoms with Crippen LogP contribution in [0.15, 0.2) is 41.3 Å². The molecule has 27 heavy (non-hydrogen) atoms. The second-order valence-electron chi connectivity index (χ2n) is 7.52. The number of aromatic nitrogens is 4. The molecule has 3 aromatic rings. The van der Waals surface area contributed by atoms with Crippen LogP contribution in [0, 0.1) is 11.8 Å². The molecule has 0 saturated heterocycles. The Kier molecular flexibility index (Phi) is 5.39. The molecule has 1 aromatic carbocycles. The highest BCUT2D eigenvalue weighted by Gasteiger charge is 2.18. The van der Waals surface area contributed by atoms with Crippen molar-refractivity contribution in [3.63, 3.8) is 0 Å². The molecule has 7 heteroatoms. The van der Waals surface area contributed by atoms with Crippen LogP contribution in [0.2, 0.25) is 0 Å². The monoisotopic (exact) mass is 367 g/mol. The van der Waals surface area contributed by atoms with E-state index in [0.717, 1.165) is 0 Å². The summed E-state index contributed by atoms with van der Waals surface area (Å²) in [6.07, 6.45) is 1.66. The van der Waals surface area contributed by atoms with Crippen molar-refractivity contribution in [2.24, 2.45) is 11.8 Å². The van der Waals surface area contributed by atoms with E-state index in [4.69, 9.17) is 0 Å². The highest BCUT2D eigenvalue weighted by molar-refractivity contribution is 6.10. The van der Waals surface area contributed by atoms with Crippen molar-refractivity contribution in [2.75, 3.05) is 5.32 Å². The summed E-state index contributed by atoms with van der Waals surface area (Å²) in [6.45, 7) is 9.34. The van der Waals surface area contributed by atoms with E-state index >= 15 is 0 Å². The maximum Gasteiger partial charge on any atom is 0.277 e. The Hall–Kier alpha value is -2.96. The number of carbonyl (C=O) groups excluding carboxylic acids is 1. The Bertz CT molecular complexity index is 1020. The van der Waals surface area contributed by atoms with Crippen molar-refractivity contribution in [2.45, 2.75) is 40.8 Å². The number of amides is 1. The van der Waals surface area contributed by atoms with Crippen molar-refractivity contribution < 1.29 is 4.79 Å². The molecule has 0 unspecified atom stereocenters. The lowest BCUT2D eigenvalue weighted by Gasteiger charge is -2.14. The number of anilines is 1. The minimum Gasteiger partial charge on any atom is -0.305 e. The molecule has 1 N–H and O–H groups in total. The number of nitrogens with one attached hydrogen (secondary N) is 1. The summed E-state index contributed by atoms with van der Waals surface area (Å²) in [7, 11) is 0. The number of hydrogen-bond donors (Lipinski definition) is 1. The van der Waals surface area contributed by atoms with Crippen LogP contribution in [0.4, 0.5) is 5.82 Å². The lowest BCUT2D eigenvalue weighted by atomic mass is 10.1. The van der Waals surface area contributed by atoms with Crippen LogP contribution in [-0.4, -0.2) is 25.5 Å². The van der Waals surface area contributed by atoms with E-state index in [0.29, 0.717) is 35.6 Å². The van der Waals surface area contributed by atoms with Crippen molar-refractivity contribution in [3.8, 4) is 0 Å². The Morgan fingerprint density at radius 2 is 1.63 bits per heavy atom. The van der Waals surface area contributed by atoms with E-state index in [1.54, 1.807) is 41.2 Å². The second kappa shape index (κ2) is 7.73. The second-order valence-corrected chi connectivity index (χ2v) is 7.52. The van der Waals surface area contributed by atoms with Crippen LogP contribution >= 0.6 is 0 Å². The molecule has 0 aliphatic rings. The molecule has 0 radical (unpaired) electrons. The van der Waals surface area contributed by atoms with Crippen LogP contribution in [0.3, 0.4) is 0 Å². The van der Waals surface area contributed by atoms with Gasteiger partial charge in [-0.15, -0.1) is 0 Å². The number of benzene rings is 1. The summed E-state index contributed by atoms with van der Waals surface area (Å²) in [5.74, 6) is 0.891. The molecule has 0 spiro atoms. The summed E-state index contributed by atoms with van der Waals surface area (Å²) >= 11 is 0. The number of carbonyl (C=O) groups is 1. The maximum atomic E-state index is 13.0. The molecular formula is C20H25N5O2. The van der Waals surface area contributed by atoms with Gasteiger partial charge in [-0.3, -0.25) is 9.59 Å². The highest BCUT2D eigenvalue weighted by atomic mass is 16.2. The fraction of sp³-hybridized carbons (Fsp3) is 0.400. The molecular weight excluding hydrogens is 342 g/mol. The van der Waals surface area contributed by atoms with E-state index < -0.39 is 0 Å². The molecule has 1 amide bonds. The summed E-state index contributed by atoms with van der Waals surface area (Å²) < 4.78 is 3.14. The number of hydrogen-bond acceptors (Lipinski definition) is 4. The van der Waals surface area contributed by atoms with E-state index in [1.165, 1.54) is 4.68 Å². The number of rotatable bonds is 6. The minimum absolute atomic E-state index is 0.180. The molecule has 7 nitrogen and oxygen atoms in total. The molecule has 0 fully saturated rings. The van der Waals surface area contributed by atoms with Gasteiger partial charge in [0.05, 0.1) is 11.6 Å². The van der Waals surface area contributed by atoms with Gasteiger partial charge >= 0.3 is 0 Å². The average Bonchev–Trinajstić information content (AvgIpc) is 3.03. The zero-order valence-corrected chi connectivity index (χ0v) is 16.1. The molecule has 142 valence electrons. The first-order valence-electron chi connectivity index (χ1n) is 9.19. The maximum absolute atomic E-state index is 13.0. The molecule has 0 atom stereocenters. The Morgan fingerprint density at radius 1 is 1.00 bits per heavy atom. The normalized spacial score (nSPS) is 11.5. The molecule has 2 aromatic heterocycles. The van der Waals surface area contributed by atoms with Crippen LogP contribution in [0.1, 0.15) is 38.2 Å². The van der Waals surface area contributed by atoms with E-state index in [9.17, 15) is 9.59 Å². The minimum atomic E-state index is -0.353. The Morgan fingerprint density at radius 3 is 2.30 bits per heavy atom. The Balaban J connectivity index is 2.03. The molecule has 3 rings (SSSR count). The predicted octanol–water partition coefficient (Wildman–Crippen LogP) is 3.16. The zero-order valence-electron chi connectivity index (χ0n) is 16.1. The standard InChI is InChI=1S/C20H25N5O2/c1-13(2)11-24-17(9-10-21-24)22-19(26)18-15-7-5-6-8-16(15)20(27)25(23-18)12-14(3)4/h5-10,13-14H,11-12H2,1-4H3,(H,22,26). The number of nitrogens with zero attached hydrogens (tertiary/aromatic N) is 4. The van der Waals surface area contributed by atoms with Crippen LogP contribution in [0.5, 0.6) is 0 Å². The molecule has 0 bridgehead atoms.